The van der Waals surface area contributed by atoms with Crippen LogP contribution in [0.5, 0.6) is 0 Å². The number of carbonyl (C=O) groups is 2. The minimum atomic E-state index is -1.24. The number of pyridine rings is 1. The van der Waals surface area contributed by atoms with Crippen LogP contribution >= 0.6 is 0 Å². The summed E-state index contributed by atoms with van der Waals surface area (Å²) in [5.41, 5.74) is 0.482. The number of benzene rings is 1. The van der Waals surface area contributed by atoms with Crippen LogP contribution in [0.1, 0.15) is 20.7 Å². The normalized spacial score (nSPS) is 10.2. The van der Waals surface area contributed by atoms with Gasteiger partial charge in [-0.15, -0.1) is 0 Å². The minimum absolute atomic E-state index is 0.153. The van der Waals surface area contributed by atoms with Gasteiger partial charge in [0, 0.05) is 11.8 Å². The average Bonchev–Trinajstić information content (AvgIpc) is 2.39. The highest BCUT2D eigenvalue weighted by Crippen LogP contribution is 2.22. The topological polar surface area (TPSA) is 87.5 Å². The largest absolute Gasteiger partial charge is 0.478 e. The number of rotatable bonds is 3. The van der Waals surface area contributed by atoms with Crippen molar-refractivity contribution in [2.24, 2.45) is 0 Å². The summed E-state index contributed by atoms with van der Waals surface area (Å²) in [6.07, 6.45) is 1.21. The lowest BCUT2D eigenvalue weighted by molar-refractivity contribution is 0.0696. The van der Waals surface area contributed by atoms with Gasteiger partial charge in [0.2, 0.25) is 5.95 Å². The quantitative estimate of drug-likeness (QED) is 0.827. The van der Waals surface area contributed by atoms with Gasteiger partial charge >= 0.3 is 11.9 Å². The highest BCUT2D eigenvalue weighted by molar-refractivity contribution is 5.96. The fourth-order valence-corrected chi connectivity index (χ4v) is 1.59. The molecule has 1 aromatic carbocycles. The van der Waals surface area contributed by atoms with E-state index in [-0.39, 0.29) is 11.1 Å². The molecular formula is C13H8FNO4. The van der Waals surface area contributed by atoms with Gasteiger partial charge in [-0.25, -0.2) is 14.6 Å². The van der Waals surface area contributed by atoms with E-state index in [2.05, 4.69) is 4.98 Å². The third kappa shape index (κ3) is 2.74. The Kier molecular flexibility index (Phi) is 3.24. The molecule has 1 aromatic heterocycles. The third-order valence-electron chi connectivity index (χ3n) is 2.49. The zero-order valence-electron chi connectivity index (χ0n) is 9.50. The first-order chi connectivity index (χ1) is 8.97. The molecule has 2 aromatic rings. The van der Waals surface area contributed by atoms with Crippen LogP contribution in [-0.2, 0) is 0 Å². The molecule has 0 atom stereocenters. The molecule has 6 heteroatoms. The predicted octanol–water partition coefficient (Wildman–Crippen LogP) is 2.28. The van der Waals surface area contributed by atoms with Crippen LogP contribution in [0.2, 0.25) is 0 Å². The molecule has 0 unspecified atom stereocenters. The first-order valence-corrected chi connectivity index (χ1v) is 5.21. The van der Waals surface area contributed by atoms with Crippen LogP contribution in [0, 0.1) is 5.95 Å². The van der Waals surface area contributed by atoms with Gasteiger partial charge in [-0.1, -0.05) is 0 Å². The maximum atomic E-state index is 12.7. The molecule has 0 aliphatic rings. The monoisotopic (exact) mass is 261 g/mol. The molecule has 5 nitrogen and oxygen atoms in total. The van der Waals surface area contributed by atoms with Gasteiger partial charge in [0.15, 0.2) is 0 Å². The van der Waals surface area contributed by atoms with Crippen molar-refractivity contribution in [3.8, 4) is 11.1 Å². The highest BCUT2D eigenvalue weighted by Gasteiger charge is 2.12. The van der Waals surface area contributed by atoms with Gasteiger partial charge in [0.1, 0.15) is 0 Å². The van der Waals surface area contributed by atoms with Gasteiger partial charge in [0.05, 0.1) is 11.1 Å². The van der Waals surface area contributed by atoms with E-state index < -0.39 is 17.9 Å². The van der Waals surface area contributed by atoms with Gasteiger partial charge in [-0.3, -0.25) is 0 Å². The van der Waals surface area contributed by atoms with Crippen molar-refractivity contribution < 1.29 is 24.2 Å². The molecule has 1 heterocycles. The second-order valence-corrected chi connectivity index (χ2v) is 3.78. The Morgan fingerprint density at radius 2 is 1.53 bits per heavy atom. The summed E-state index contributed by atoms with van der Waals surface area (Å²) in [6, 6.07) is 6.19. The number of carboxylic acid groups (broad SMARTS) is 2. The van der Waals surface area contributed by atoms with Gasteiger partial charge in [-0.2, -0.15) is 4.39 Å². The molecule has 19 heavy (non-hydrogen) atoms. The lowest BCUT2D eigenvalue weighted by Gasteiger charge is -2.05. The van der Waals surface area contributed by atoms with E-state index in [9.17, 15) is 14.0 Å². The molecule has 0 aliphatic heterocycles. The van der Waals surface area contributed by atoms with Gasteiger partial charge in [0.25, 0.3) is 0 Å². The van der Waals surface area contributed by atoms with E-state index in [0.717, 1.165) is 12.1 Å². The van der Waals surface area contributed by atoms with Crippen LogP contribution in [0.15, 0.2) is 36.5 Å². The molecule has 0 radical (unpaired) electrons. The number of carboxylic acids is 2. The molecule has 0 fully saturated rings. The summed E-state index contributed by atoms with van der Waals surface area (Å²) in [6.45, 7) is 0. The van der Waals surface area contributed by atoms with E-state index in [0.29, 0.717) is 11.1 Å². The van der Waals surface area contributed by atoms with Crippen LogP contribution in [0.25, 0.3) is 11.1 Å². The maximum Gasteiger partial charge on any atom is 0.335 e. The van der Waals surface area contributed by atoms with Crippen molar-refractivity contribution in [3.05, 3.63) is 53.6 Å². The van der Waals surface area contributed by atoms with Gasteiger partial charge < -0.3 is 10.2 Å². The van der Waals surface area contributed by atoms with Crippen molar-refractivity contribution in [2.75, 3.05) is 0 Å². The van der Waals surface area contributed by atoms with Crippen molar-refractivity contribution in [2.45, 2.75) is 0 Å². The molecular weight excluding hydrogens is 253 g/mol. The Bertz CT molecular complexity index is 620. The molecule has 0 bridgehead atoms. The number of halogens is 1. The van der Waals surface area contributed by atoms with E-state index in [4.69, 9.17) is 10.2 Å². The molecule has 2 N–H and O–H groups in total. The SMILES string of the molecule is O=C(O)c1cc(C(=O)O)cc(-c2ccc(F)nc2)c1. The highest BCUT2D eigenvalue weighted by atomic mass is 19.1. The van der Waals surface area contributed by atoms with Crippen LogP contribution < -0.4 is 0 Å². The van der Waals surface area contributed by atoms with Crippen LogP contribution in [-0.4, -0.2) is 27.1 Å². The first kappa shape index (κ1) is 12.7. The summed E-state index contributed by atoms with van der Waals surface area (Å²) in [7, 11) is 0. The van der Waals surface area contributed by atoms with Gasteiger partial charge in [-0.05, 0) is 35.9 Å². The molecule has 0 aliphatic carbocycles. The molecule has 0 saturated carbocycles. The fraction of sp³-hybridized carbons (Fsp3) is 0. The average molecular weight is 261 g/mol. The smallest absolute Gasteiger partial charge is 0.335 e. The summed E-state index contributed by atoms with van der Waals surface area (Å²) in [5.74, 6) is -3.14. The van der Waals surface area contributed by atoms with Crippen molar-refractivity contribution >= 4 is 11.9 Å². The van der Waals surface area contributed by atoms with Crippen molar-refractivity contribution in [1.29, 1.82) is 0 Å². The zero-order chi connectivity index (χ0) is 14.0. The van der Waals surface area contributed by atoms with E-state index in [1.54, 1.807) is 0 Å². The number of aromatic carboxylic acids is 2. The standard InChI is InChI=1S/C13H8FNO4/c14-11-2-1-7(6-15-11)8-3-9(12(16)17)5-10(4-8)13(18)19/h1-6H,(H,16,17)(H,18,19). The summed E-state index contributed by atoms with van der Waals surface area (Å²) >= 11 is 0. The Morgan fingerprint density at radius 1 is 0.947 bits per heavy atom. The molecule has 2 rings (SSSR count). The summed E-state index contributed by atoms with van der Waals surface area (Å²) in [4.78, 5) is 25.3. The lowest BCUT2D eigenvalue weighted by Crippen LogP contribution is -2.03. The molecule has 96 valence electrons. The Morgan fingerprint density at radius 3 is 1.95 bits per heavy atom. The lowest BCUT2D eigenvalue weighted by atomic mass is 10.0. The van der Waals surface area contributed by atoms with Crippen molar-refractivity contribution in [3.63, 3.8) is 0 Å². The Labute approximate surface area is 107 Å². The molecule has 0 spiro atoms. The second kappa shape index (κ2) is 4.85. The maximum absolute atomic E-state index is 12.7. The number of hydrogen-bond acceptors (Lipinski definition) is 3. The summed E-state index contributed by atoms with van der Waals surface area (Å²) in [5, 5.41) is 17.9. The van der Waals surface area contributed by atoms with Crippen LogP contribution in [0.3, 0.4) is 0 Å². The molecule has 0 amide bonds. The Hall–Kier alpha value is -2.76. The Balaban J connectivity index is 2.59. The first-order valence-electron chi connectivity index (χ1n) is 5.21. The number of aromatic nitrogens is 1. The zero-order valence-corrected chi connectivity index (χ0v) is 9.50. The van der Waals surface area contributed by atoms with E-state index in [1.807, 2.05) is 0 Å². The third-order valence-corrected chi connectivity index (χ3v) is 2.49. The second-order valence-electron chi connectivity index (χ2n) is 3.78. The number of hydrogen-bond donors (Lipinski definition) is 2. The fourth-order valence-electron chi connectivity index (χ4n) is 1.59. The van der Waals surface area contributed by atoms with Crippen molar-refractivity contribution in [1.82, 2.24) is 4.98 Å². The predicted molar refractivity (Wildman–Crippen MR) is 63.5 cm³/mol. The van der Waals surface area contributed by atoms with Crippen LogP contribution in [0.4, 0.5) is 4.39 Å². The number of nitrogens with zero attached hydrogens (tertiary/aromatic N) is 1. The minimum Gasteiger partial charge on any atom is -0.478 e. The van der Waals surface area contributed by atoms with E-state index in [1.165, 1.54) is 24.4 Å². The molecule has 0 saturated heterocycles. The summed E-state index contributed by atoms with van der Waals surface area (Å²) < 4.78 is 12.7. The van der Waals surface area contributed by atoms with E-state index >= 15 is 0 Å².